The molecule has 0 aliphatic rings. The molecule has 1 N–H and O–H groups in total. The van der Waals surface area contributed by atoms with Crippen molar-refractivity contribution < 1.29 is 4.79 Å². The highest BCUT2D eigenvalue weighted by Crippen LogP contribution is 2.26. The number of hydrogen-bond donors (Lipinski definition) is 1. The van der Waals surface area contributed by atoms with E-state index in [1.54, 1.807) is 4.90 Å². The monoisotopic (exact) mass is 415 g/mol. The highest BCUT2D eigenvalue weighted by atomic mass is 32.2. The summed E-state index contributed by atoms with van der Waals surface area (Å²) >= 11 is 3.03. The molecule has 5 nitrogen and oxygen atoms in total. The van der Waals surface area contributed by atoms with E-state index in [2.05, 4.69) is 23.0 Å². The third-order valence-electron chi connectivity index (χ3n) is 4.95. The maximum Gasteiger partial charge on any atom is 0.259 e. The van der Waals surface area contributed by atoms with Crippen molar-refractivity contribution in [3.8, 4) is 0 Å². The molecular formula is C21H25N3O2S2. The van der Waals surface area contributed by atoms with Gasteiger partial charge in [0.05, 0.1) is 16.4 Å². The number of thiophene rings is 1. The number of benzene rings is 1. The first-order chi connectivity index (χ1) is 13.3. The standard InChI is InChI=1S/C21H25N3O2S2/c1-12-8-6-7-9-16(12)10-24(5)21(26)15(4)27-11-17-22-19(25)18-13(2)14(3)28-20(18)23-17/h6-9,15H,10-11H2,1-5H3,(H,22,23,25). The van der Waals surface area contributed by atoms with Gasteiger partial charge in [-0.1, -0.05) is 24.3 Å². The van der Waals surface area contributed by atoms with E-state index in [0.29, 0.717) is 23.5 Å². The largest absolute Gasteiger partial charge is 0.340 e. The van der Waals surface area contributed by atoms with Crippen LogP contribution in [0.1, 0.15) is 34.3 Å². The number of amides is 1. The summed E-state index contributed by atoms with van der Waals surface area (Å²) in [4.78, 5) is 36.2. The summed E-state index contributed by atoms with van der Waals surface area (Å²) in [5, 5.41) is 0.458. The van der Waals surface area contributed by atoms with Gasteiger partial charge in [-0.3, -0.25) is 9.59 Å². The average molecular weight is 416 g/mol. The molecule has 2 heterocycles. The molecule has 0 radical (unpaired) electrons. The number of aromatic amines is 1. The quantitative estimate of drug-likeness (QED) is 0.656. The molecule has 0 saturated carbocycles. The molecule has 1 aromatic carbocycles. The zero-order chi connectivity index (χ0) is 20.4. The zero-order valence-corrected chi connectivity index (χ0v) is 18.5. The van der Waals surface area contributed by atoms with E-state index in [1.807, 2.05) is 46.0 Å². The lowest BCUT2D eigenvalue weighted by Gasteiger charge is -2.22. The number of carbonyl (C=O) groups excluding carboxylic acids is 1. The van der Waals surface area contributed by atoms with E-state index < -0.39 is 0 Å². The minimum Gasteiger partial charge on any atom is -0.340 e. The number of fused-ring (bicyclic) bond motifs is 1. The fourth-order valence-corrected chi connectivity index (χ4v) is 4.99. The molecule has 28 heavy (non-hydrogen) atoms. The van der Waals surface area contributed by atoms with E-state index in [-0.39, 0.29) is 16.7 Å². The van der Waals surface area contributed by atoms with Crippen molar-refractivity contribution in [1.82, 2.24) is 14.9 Å². The smallest absolute Gasteiger partial charge is 0.259 e. The summed E-state index contributed by atoms with van der Waals surface area (Å²) < 4.78 is 0. The van der Waals surface area contributed by atoms with Crippen LogP contribution in [-0.4, -0.2) is 33.1 Å². The molecule has 0 aliphatic carbocycles. The Morgan fingerprint density at radius 1 is 1.29 bits per heavy atom. The predicted molar refractivity (Wildman–Crippen MR) is 118 cm³/mol. The summed E-state index contributed by atoms with van der Waals surface area (Å²) in [5.41, 5.74) is 3.22. The highest BCUT2D eigenvalue weighted by Gasteiger charge is 2.19. The molecule has 3 aromatic rings. The van der Waals surface area contributed by atoms with Gasteiger partial charge < -0.3 is 9.88 Å². The van der Waals surface area contributed by atoms with Crippen LogP contribution < -0.4 is 5.56 Å². The van der Waals surface area contributed by atoms with Crippen LogP contribution in [-0.2, 0) is 17.1 Å². The first kappa shape index (κ1) is 20.6. The van der Waals surface area contributed by atoms with Crippen LogP contribution in [0.25, 0.3) is 10.2 Å². The Balaban J connectivity index is 1.65. The fourth-order valence-electron chi connectivity index (χ4n) is 3.07. The highest BCUT2D eigenvalue weighted by molar-refractivity contribution is 7.99. The van der Waals surface area contributed by atoms with Gasteiger partial charge in [0.15, 0.2) is 0 Å². The maximum atomic E-state index is 12.7. The van der Waals surface area contributed by atoms with Crippen LogP contribution >= 0.6 is 23.1 Å². The fraction of sp³-hybridized carbons (Fsp3) is 0.381. The Morgan fingerprint density at radius 2 is 2.00 bits per heavy atom. The molecule has 0 fully saturated rings. The number of aromatic nitrogens is 2. The molecule has 1 unspecified atom stereocenters. The van der Waals surface area contributed by atoms with Crippen molar-refractivity contribution in [3.63, 3.8) is 0 Å². The third kappa shape index (κ3) is 4.31. The normalized spacial score (nSPS) is 12.3. The van der Waals surface area contributed by atoms with Crippen molar-refractivity contribution in [2.24, 2.45) is 0 Å². The zero-order valence-electron chi connectivity index (χ0n) is 16.8. The Kier molecular flexibility index (Phi) is 6.25. The Bertz CT molecular complexity index is 1070. The Hall–Kier alpha value is -2.12. The molecule has 0 bridgehead atoms. The SMILES string of the molecule is Cc1ccccc1CN(C)C(=O)C(C)SCc1nc2sc(C)c(C)c2c(=O)[nH]1. The van der Waals surface area contributed by atoms with Crippen LogP contribution in [0.3, 0.4) is 0 Å². The van der Waals surface area contributed by atoms with Gasteiger partial charge in [-0.2, -0.15) is 0 Å². The predicted octanol–water partition coefficient (Wildman–Crippen LogP) is 4.19. The van der Waals surface area contributed by atoms with Crippen LogP contribution in [0.4, 0.5) is 0 Å². The number of rotatable bonds is 6. The number of thioether (sulfide) groups is 1. The van der Waals surface area contributed by atoms with Crippen LogP contribution in [0.15, 0.2) is 29.1 Å². The number of nitrogens with one attached hydrogen (secondary N) is 1. The number of H-pyrrole nitrogens is 1. The molecule has 3 rings (SSSR count). The van der Waals surface area contributed by atoms with Gasteiger partial charge in [0, 0.05) is 18.5 Å². The second kappa shape index (κ2) is 8.49. The summed E-state index contributed by atoms with van der Waals surface area (Å²) in [7, 11) is 1.83. The molecule has 1 amide bonds. The minimum absolute atomic E-state index is 0.0690. The first-order valence-corrected chi connectivity index (χ1v) is 11.0. The second-order valence-corrected chi connectivity index (χ2v) is 9.58. The van der Waals surface area contributed by atoms with E-state index in [1.165, 1.54) is 28.7 Å². The molecule has 0 aliphatic heterocycles. The molecular weight excluding hydrogens is 390 g/mol. The van der Waals surface area contributed by atoms with Gasteiger partial charge in [0.2, 0.25) is 5.91 Å². The van der Waals surface area contributed by atoms with Gasteiger partial charge >= 0.3 is 0 Å². The average Bonchev–Trinajstić information content (AvgIpc) is 2.95. The first-order valence-electron chi connectivity index (χ1n) is 9.18. The minimum atomic E-state index is -0.221. The van der Waals surface area contributed by atoms with E-state index in [4.69, 9.17) is 0 Å². The lowest BCUT2D eigenvalue weighted by Crippen LogP contribution is -2.33. The summed E-state index contributed by atoms with van der Waals surface area (Å²) in [6, 6.07) is 8.09. The maximum absolute atomic E-state index is 12.7. The molecule has 0 spiro atoms. The lowest BCUT2D eigenvalue weighted by atomic mass is 10.1. The van der Waals surface area contributed by atoms with Gasteiger partial charge in [0.1, 0.15) is 10.7 Å². The van der Waals surface area contributed by atoms with Crippen LogP contribution in [0.2, 0.25) is 0 Å². The van der Waals surface area contributed by atoms with Gasteiger partial charge in [0.25, 0.3) is 5.56 Å². The third-order valence-corrected chi connectivity index (χ3v) is 7.19. The molecule has 2 aromatic heterocycles. The van der Waals surface area contributed by atoms with E-state index in [9.17, 15) is 9.59 Å². The number of aryl methyl sites for hydroxylation is 3. The van der Waals surface area contributed by atoms with E-state index >= 15 is 0 Å². The number of hydrogen-bond acceptors (Lipinski definition) is 5. The van der Waals surface area contributed by atoms with Crippen molar-refractivity contribution >= 4 is 39.2 Å². The topological polar surface area (TPSA) is 66.1 Å². The van der Waals surface area contributed by atoms with Crippen molar-refractivity contribution in [1.29, 1.82) is 0 Å². The summed E-state index contributed by atoms with van der Waals surface area (Å²) in [5.74, 6) is 1.18. The second-order valence-electron chi connectivity index (χ2n) is 7.05. The number of carbonyl (C=O) groups is 1. The van der Waals surface area contributed by atoms with E-state index in [0.717, 1.165) is 20.8 Å². The van der Waals surface area contributed by atoms with Crippen molar-refractivity contribution in [3.05, 3.63) is 62.0 Å². The lowest BCUT2D eigenvalue weighted by molar-refractivity contribution is -0.129. The summed E-state index contributed by atoms with van der Waals surface area (Å²) in [6.07, 6.45) is 0. The van der Waals surface area contributed by atoms with Gasteiger partial charge in [-0.15, -0.1) is 23.1 Å². The Labute approximate surface area is 173 Å². The summed E-state index contributed by atoms with van der Waals surface area (Å²) in [6.45, 7) is 8.49. The molecule has 0 saturated heterocycles. The van der Waals surface area contributed by atoms with Gasteiger partial charge in [-0.05, 0) is 44.4 Å². The van der Waals surface area contributed by atoms with Crippen molar-refractivity contribution in [2.45, 2.75) is 45.2 Å². The van der Waals surface area contributed by atoms with Crippen LogP contribution in [0, 0.1) is 20.8 Å². The van der Waals surface area contributed by atoms with Crippen LogP contribution in [0.5, 0.6) is 0 Å². The van der Waals surface area contributed by atoms with Crippen molar-refractivity contribution in [2.75, 3.05) is 7.05 Å². The number of nitrogens with zero attached hydrogens (tertiary/aromatic N) is 2. The molecule has 1 atom stereocenters. The van der Waals surface area contributed by atoms with Gasteiger partial charge in [-0.25, -0.2) is 4.98 Å². The molecule has 148 valence electrons. The Morgan fingerprint density at radius 3 is 2.71 bits per heavy atom. The molecule has 7 heteroatoms.